The van der Waals surface area contributed by atoms with Gasteiger partial charge in [0, 0.05) is 22.3 Å². The molecule has 0 aliphatic carbocycles. The van der Waals surface area contributed by atoms with Crippen molar-refractivity contribution in [3.63, 3.8) is 0 Å². The van der Waals surface area contributed by atoms with E-state index in [1.54, 1.807) is 32.4 Å². The van der Waals surface area contributed by atoms with E-state index < -0.39 is 0 Å². The lowest BCUT2D eigenvalue weighted by Gasteiger charge is -2.11. The van der Waals surface area contributed by atoms with E-state index in [2.05, 4.69) is 5.32 Å². The highest BCUT2D eigenvalue weighted by Crippen LogP contribution is 2.25. The lowest BCUT2D eigenvalue weighted by molar-refractivity contribution is -0.115. The van der Waals surface area contributed by atoms with Crippen molar-refractivity contribution in [1.82, 2.24) is 0 Å². The highest BCUT2D eigenvalue weighted by Gasteiger charge is 2.10. The first kappa shape index (κ1) is 16.2. The Morgan fingerprint density at radius 1 is 1.14 bits per heavy atom. The predicted octanol–water partition coefficient (Wildman–Crippen LogP) is 3.85. The van der Waals surface area contributed by atoms with E-state index in [9.17, 15) is 4.79 Å². The summed E-state index contributed by atoms with van der Waals surface area (Å²) >= 11 is 6.05. The summed E-state index contributed by atoms with van der Waals surface area (Å²) in [5.41, 5.74) is 2.43. The Kier molecular flexibility index (Phi) is 5.28. The molecule has 0 bridgehead atoms. The van der Waals surface area contributed by atoms with E-state index in [-0.39, 0.29) is 12.3 Å². The number of methoxy groups -OCH3 is 2. The van der Waals surface area contributed by atoms with Crippen LogP contribution in [0.15, 0.2) is 36.4 Å². The molecule has 1 amide bonds. The number of benzene rings is 2. The van der Waals surface area contributed by atoms with Gasteiger partial charge in [0.25, 0.3) is 0 Å². The van der Waals surface area contributed by atoms with Gasteiger partial charge in [-0.3, -0.25) is 4.79 Å². The SMILES string of the molecule is COc1ccc(CC(=O)Nc2ccc(C)c(Cl)c2)c(OC)c1. The van der Waals surface area contributed by atoms with Crippen LogP contribution in [0, 0.1) is 6.92 Å². The molecule has 5 heteroatoms. The van der Waals surface area contributed by atoms with Crippen LogP contribution in [0.1, 0.15) is 11.1 Å². The third-order valence-corrected chi connectivity index (χ3v) is 3.71. The minimum atomic E-state index is -0.136. The highest BCUT2D eigenvalue weighted by molar-refractivity contribution is 6.31. The summed E-state index contributed by atoms with van der Waals surface area (Å²) in [6.45, 7) is 1.91. The Morgan fingerprint density at radius 3 is 2.55 bits per heavy atom. The molecule has 2 rings (SSSR count). The van der Waals surface area contributed by atoms with Crippen molar-refractivity contribution >= 4 is 23.2 Å². The summed E-state index contributed by atoms with van der Waals surface area (Å²) in [6, 6.07) is 10.8. The van der Waals surface area contributed by atoms with Crippen LogP contribution in [0.3, 0.4) is 0 Å². The maximum absolute atomic E-state index is 12.2. The topological polar surface area (TPSA) is 47.6 Å². The Balaban J connectivity index is 2.10. The normalized spacial score (nSPS) is 10.2. The van der Waals surface area contributed by atoms with Crippen LogP contribution in [-0.4, -0.2) is 20.1 Å². The third kappa shape index (κ3) is 3.92. The molecule has 0 unspecified atom stereocenters. The minimum Gasteiger partial charge on any atom is -0.497 e. The van der Waals surface area contributed by atoms with Gasteiger partial charge in [-0.2, -0.15) is 0 Å². The molecule has 0 radical (unpaired) electrons. The largest absolute Gasteiger partial charge is 0.497 e. The van der Waals surface area contributed by atoms with Crippen LogP contribution in [0.25, 0.3) is 0 Å². The van der Waals surface area contributed by atoms with Gasteiger partial charge in [0.2, 0.25) is 5.91 Å². The first-order valence-electron chi connectivity index (χ1n) is 6.80. The van der Waals surface area contributed by atoms with Crippen molar-refractivity contribution in [1.29, 1.82) is 0 Å². The second kappa shape index (κ2) is 7.18. The zero-order valence-electron chi connectivity index (χ0n) is 12.8. The number of ether oxygens (including phenoxy) is 2. The Labute approximate surface area is 135 Å². The maximum Gasteiger partial charge on any atom is 0.228 e. The van der Waals surface area contributed by atoms with E-state index in [1.165, 1.54) is 0 Å². The van der Waals surface area contributed by atoms with Crippen molar-refractivity contribution in [2.75, 3.05) is 19.5 Å². The average Bonchev–Trinajstić information content (AvgIpc) is 2.51. The van der Waals surface area contributed by atoms with Crippen molar-refractivity contribution in [3.8, 4) is 11.5 Å². The van der Waals surface area contributed by atoms with Gasteiger partial charge in [0.15, 0.2) is 0 Å². The molecule has 0 saturated carbocycles. The van der Waals surface area contributed by atoms with Crippen LogP contribution < -0.4 is 14.8 Å². The van der Waals surface area contributed by atoms with Crippen LogP contribution >= 0.6 is 11.6 Å². The quantitative estimate of drug-likeness (QED) is 0.910. The number of amides is 1. The second-order valence-corrected chi connectivity index (χ2v) is 5.27. The van der Waals surface area contributed by atoms with Gasteiger partial charge >= 0.3 is 0 Å². The predicted molar refractivity (Wildman–Crippen MR) is 88.1 cm³/mol. The zero-order chi connectivity index (χ0) is 16.1. The van der Waals surface area contributed by atoms with Gasteiger partial charge in [-0.05, 0) is 30.7 Å². The van der Waals surface area contributed by atoms with Gasteiger partial charge in [0.1, 0.15) is 11.5 Å². The molecule has 2 aromatic carbocycles. The second-order valence-electron chi connectivity index (χ2n) is 4.87. The summed E-state index contributed by atoms with van der Waals surface area (Å²) in [6.07, 6.45) is 0.207. The van der Waals surface area contributed by atoms with Gasteiger partial charge < -0.3 is 14.8 Å². The monoisotopic (exact) mass is 319 g/mol. The van der Waals surface area contributed by atoms with Crippen molar-refractivity contribution in [3.05, 3.63) is 52.5 Å². The van der Waals surface area contributed by atoms with Crippen molar-refractivity contribution < 1.29 is 14.3 Å². The Bertz CT molecular complexity index is 686. The van der Waals surface area contributed by atoms with Gasteiger partial charge in [-0.1, -0.05) is 23.7 Å². The van der Waals surface area contributed by atoms with Crippen LogP contribution in [0.2, 0.25) is 5.02 Å². The first-order chi connectivity index (χ1) is 10.5. The van der Waals surface area contributed by atoms with E-state index in [0.717, 1.165) is 11.1 Å². The molecule has 22 heavy (non-hydrogen) atoms. The smallest absolute Gasteiger partial charge is 0.228 e. The zero-order valence-corrected chi connectivity index (χ0v) is 13.5. The highest BCUT2D eigenvalue weighted by atomic mass is 35.5. The summed E-state index contributed by atoms with van der Waals surface area (Å²) in [5.74, 6) is 1.17. The summed E-state index contributed by atoms with van der Waals surface area (Å²) in [7, 11) is 3.15. The molecule has 1 N–H and O–H groups in total. The van der Waals surface area contributed by atoms with Crippen LogP contribution in [0.5, 0.6) is 11.5 Å². The summed E-state index contributed by atoms with van der Waals surface area (Å²) < 4.78 is 10.4. The molecule has 0 aliphatic heterocycles. The van der Waals surface area contributed by atoms with Crippen molar-refractivity contribution in [2.45, 2.75) is 13.3 Å². The molecule has 0 saturated heterocycles. The molecule has 0 atom stereocenters. The Hall–Kier alpha value is -2.20. The molecule has 2 aromatic rings. The Morgan fingerprint density at radius 2 is 1.91 bits per heavy atom. The molecule has 0 spiro atoms. The molecular formula is C17H18ClNO3. The van der Waals surface area contributed by atoms with E-state index >= 15 is 0 Å². The fourth-order valence-electron chi connectivity index (χ4n) is 2.05. The molecule has 0 aromatic heterocycles. The van der Waals surface area contributed by atoms with Gasteiger partial charge in [0.05, 0.1) is 20.6 Å². The average molecular weight is 320 g/mol. The van der Waals surface area contributed by atoms with E-state index in [4.69, 9.17) is 21.1 Å². The van der Waals surface area contributed by atoms with Crippen LogP contribution in [0.4, 0.5) is 5.69 Å². The summed E-state index contributed by atoms with van der Waals surface area (Å²) in [5, 5.41) is 3.45. The van der Waals surface area contributed by atoms with Crippen molar-refractivity contribution in [2.24, 2.45) is 0 Å². The lowest BCUT2D eigenvalue weighted by Crippen LogP contribution is -2.15. The fraction of sp³-hybridized carbons (Fsp3) is 0.235. The maximum atomic E-state index is 12.2. The number of rotatable bonds is 5. The number of anilines is 1. The lowest BCUT2D eigenvalue weighted by atomic mass is 10.1. The summed E-state index contributed by atoms with van der Waals surface area (Å²) in [4.78, 5) is 12.2. The number of hydrogen-bond donors (Lipinski definition) is 1. The number of carbonyl (C=O) groups is 1. The molecule has 0 heterocycles. The van der Waals surface area contributed by atoms with E-state index in [0.29, 0.717) is 22.2 Å². The molecule has 0 aliphatic rings. The molecule has 4 nitrogen and oxygen atoms in total. The van der Waals surface area contributed by atoms with Gasteiger partial charge in [-0.25, -0.2) is 0 Å². The number of hydrogen-bond acceptors (Lipinski definition) is 3. The molecule has 116 valence electrons. The third-order valence-electron chi connectivity index (χ3n) is 3.30. The molecule has 0 fully saturated rings. The van der Waals surface area contributed by atoms with Crippen LogP contribution in [-0.2, 0) is 11.2 Å². The first-order valence-corrected chi connectivity index (χ1v) is 7.18. The molecular weight excluding hydrogens is 302 g/mol. The fourth-order valence-corrected chi connectivity index (χ4v) is 2.23. The number of halogens is 1. The number of aryl methyl sites for hydroxylation is 1. The minimum absolute atomic E-state index is 0.136. The standard InChI is InChI=1S/C17H18ClNO3/c1-11-4-6-13(9-15(11)18)19-17(20)8-12-5-7-14(21-2)10-16(12)22-3/h4-7,9-10H,8H2,1-3H3,(H,19,20). The van der Waals surface area contributed by atoms with Gasteiger partial charge in [-0.15, -0.1) is 0 Å². The number of nitrogens with one attached hydrogen (secondary N) is 1. The van der Waals surface area contributed by atoms with E-state index in [1.807, 2.05) is 25.1 Å². The number of carbonyl (C=O) groups excluding carboxylic acids is 1.